The number of allylic oxidation sites excluding steroid dienone is 2. The Bertz CT molecular complexity index is 1160. The van der Waals surface area contributed by atoms with Gasteiger partial charge < -0.3 is 15.3 Å². The number of aliphatic imine (C=N–C) groups is 1. The molecular weight excluding hydrogens is 472 g/mol. The van der Waals surface area contributed by atoms with Gasteiger partial charge in [-0.05, 0) is 42.3 Å². The second-order valence-corrected chi connectivity index (χ2v) is 8.42. The molecule has 0 saturated carbocycles. The standard InChI is InChI=1S/C26H25ClN2O6/c27-20-11-9-17(10-12-20)16-5-7-18(8-6-16)23(30)15-19(25(32)33)13-14-28-24(31)21-3-1-2-4-22(29-21)26(34)35/h1-12,19,21,24,28,31H,13-15H2,(H,32,33)(H,34,35). The minimum Gasteiger partial charge on any atom is -0.481 e. The van der Waals surface area contributed by atoms with Gasteiger partial charge in [-0.25, -0.2) is 4.79 Å². The molecule has 0 spiro atoms. The zero-order valence-corrected chi connectivity index (χ0v) is 19.4. The van der Waals surface area contributed by atoms with E-state index in [0.717, 1.165) is 11.1 Å². The lowest BCUT2D eigenvalue weighted by atomic mass is 9.94. The number of ketones is 1. The maximum Gasteiger partial charge on any atom is 0.354 e. The average Bonchev–Trinajstić information content (AvgIpc) is 3.10. The number of aliphatic hydroxyl groups is 1. The molecule has 8 nitrogen and oxygen atoms in total. The predicted molar refractivity (Wildman–Crippen MR) is 133 cm³/mol. The number of carbonyl (C=O) groups is 3. The van der Waals surface area contributed by atoms with Crippen LogP contribution in [0.5, 0.6) is 0 Å². The number of carbonyl (C=O) groups excluding carboxylic acids is 1. The molecule has 35 heavy (non-hydrogen) atoms. The second-order valence-electron chi connectivity index (χ2n) is 7.99. The molecule has 0 aliphatic carbocycles. The van der Waals surface area contributed by atoms with Crippen LogP contribution in [0.4, 0.5) is 0 Å². The molecule has 0 fully saturated rings. The average molecular weight is 497 g/mol. The molecule has 2 aromatic rings. The van der Waals surface area contributed by atoms with Crippen LogP contribution in [0.15, 0.2) is 77.8 Å². The fourth-order valence-corrected chi connectivity index (χ4v) is 3.67. The number of carboxylic acids is 2. The van der Waals surface area contributed by atoms with Gasteiger partial charge in [0.1, 0.15) is 18.0 Å². The zero-order chi connectivity index (χ0) is 25.4. The van der Waals surface area contributed by atoms with Crippen molar-refractivity contribution in [1.82, 2.24) is 5.32 Å². The molecule has 4 N–H and O–H groups in total. The van der Waals surface area contributed by atoms with Crippen molar-refractivity contribution in [1.29, 1.82) is 0 Å². The van der Waals surface area contributed by atoms with Gasteiger partial charge in [-0.3, -0.25) is 19.9 Å². The molecule has 2 aromatic carbocycles. The van der Waals surface area contributed by atoms with Crippen LogP contribution in [0.3, 0.4) is 0 Å². The van der Waals surface area contributed by atoms with E-state index in [4.69, 9.17) is 16.7 Å². The maximum absolute atomic E-state index is 12.7. The molecule has 3 rings (SSSR count). The summed E-state index contributed by atoms with van der Waals surface area (Å²) >= 11 is 5.91. The Balaban J connectivity index is 1.55. The van der Waals surface area contributed by atoms with Gasteiger partial charge in [-0.15, -0.1) is 0 Å². The highest BCUT2D eigenvalue weighted by molar-refractivity contribution is 6.40. The summed E-state index contributed by atoms with van der Waals surface area (Å²) in [4.78, 5) is 39.6. The number of aliphatic carboxylic acids is 2. The molecule has 0 radical (unpaired) electrons. The van der Waals surface area contributed by atoms with Crippen molar-refractivity contribution < 1.29 is 29.7 Å². The third kappa shape index (κ3) is 7.45. The minimum absolute atomic E-state index is 0.0885. The fraction of sp³-hybridized carbons (Fsp3) is 0.231. The summed E-state index contributed by atoms with van der Waals surface area (Å²) in [6.07, 6.45) is 4.62. The first kappa shape index (κ1) is 26.0. The van der Waals surface area contributed by atoms with E-state index in [1.54, 1.807) is 42.5 Å². The molecule has 3 atom stereocenters. The first-order valence-electron chi connectivity index (χ1n) is 10.9. The maximum atomic E-state index is 12.7. The topological polar surface area (TPSA) is 136 Å². The SMILES string of the molecule is O=C(O)C1=NC(C(O)NCCC(CC(=O)c2ccc(-c3ccc(Cl)cc3)cc2)C(=O)O)C=CC=C1. The van der Waals surface area contributed by atoms with Gasteiger partial charge in [0.15, 0.2) is 5.78 Å². The molecular formula is C26H25ClN2O6. The summed E-state index contributed by atoms with van der Waals surface area (Å²) in [6, 6.07) is 13.4. The lowest BCUT2D eigenvalue weighted by Gasteiger charge is -2.19. The third-order valence-electron chi connectivity index (χ3n) is 5.52. The van der Waals surface area contributed by atoms with Crippen LogP contribution in [0.2, 0.25) is 5.02 Å². The highest BCUT2D eigenvalue weighted by Gasteiger charge is 2.24. The van der Waals surface area contributed by atoms with Gasteiger partial charge in [0.25, 0.3) is 0 Å². The van der Waals surface area contributed by atoms with Crippen LogP contribution in [0.1, 0.15) is 23.2 Å². The molecule has 1 aliphatic heterocycles. The summed E-state index contributed by atoms with van der Waals surface area (Å²) in [5, 5.41) is 32.4. The Kier molecular flexibility index (Phi) is 9.08. The molecule has 1 heterocycles. The molecule has 9 heteroatoms. The van der Waals surface area contributed by atoms with E-state index < -0.39 is 30.1 Å². The first-order chi connectivity index (χ1) is 16.7. The number of halogens is 1. The van der Waals surface area contributed by atoms with Gasteiger partial charge in [-0.1, -0.05) is 66.2 Å². The Morgan fingerprint density at radius 3 is 2.20 bits per heavy atom. The van der Waals surface area contributed by atoms with Gasteiger partial charge in [0.2, 0.25) is 0 Å². The normalized spacial score (nSPS) is 16.7. The lowest BCUT2D eigenvalue weighted by Crippen LogP contribution is -2.40. The number of Topliss-reactive ketones (excluding diaryl/α,β-unsaturated/α-hetero) is 1. The smallest absolute Gasteiger partial charge is 0.354 e. The number of nitrogens with one attached hydrogen (secondary N) is 1. The van der Waals surface area contributed by atoms with Crippen molar-refractivity contribution in [3.63, 3.8) is 0 Å². The molecule has 0 aromatic heterocycles. The van der Waals surface area contributed by atoms with E-state index >= 15 is 0 Å². The Hall–Kier alpha value is -3.59. The molecule has 1 aliphatic rings. The summed E-state index contributed by atoms with van der Waals surface area (Å²) in [5.41, 5.74) is 2.06. The summed E-state index contributed by atoms with van der Waals surface area (Å²) in [6.45, 7) is 0.0939. The number of carboxylic acid groups (broad SMARTS) is 2. The van der Waals surface area contributed by atoms with Gasteiger partial charge in [0, 0.05) is 17.0 Å². The monoisotopic (exact) mass is 496 g/mol. The van der Waals surface area contributed by atoms with E-state index in [0.29, 0.717) is 10.6 Å². The minimum atomic E-state index is -1.22. The number of nitrogens with zero attached hydrogens (tertiary/aromatic N) is 1. The van der Waals surface area contributed by atoms with Crippen LogP contribution in [0, 0.1) is 5.92 Å². The van der Waals surface area contributed by atoms with Crippen molar-refractivity contribution >= 4 is 35.0 Å². The highest BCUT2D eigenvalue weighted by Crippen LogP contribution is 2.23. The van der Waals surface area contributed by atoms with Crippen LogP contribution < -0.4 is 5.32 Å². The Morgan fingerprint density at radius 1 is 0.971 bits per heavy atom. The van der Waals surface area contributed by atoms with Crippen molar-refractivity contribution in [2.24, 2.45) is 10.9 Å². The Morgan fingerprint density at radius 2 is 1.60 bits per heavy atom. The van der Waals surface area contributed by atoms with Crippen LogP contribution >= 0.6 is 11.6 Å². The predicted octanol–water partition coefficient (Wildman–Crippen LogP) is 3.60. The number of hydrogen-bond acceptors (Lipinski definition) is 6. The zero-order valence-electron chi connectivity index (χ0n) is 18.7. The largest absolute Gasteiger partial charge is 0.481 e. The molecule has 0 bridgehead atoms. The van der Waals surface area contributed by atoms with E-state index in [1.165, 1.54) is 18.2 Å². The molecule has 0 amide bonds. The van der Waals surface area contributed by atoms with E-state index in [1.807, 2.05) is 12.1 Å². The lowest BCUT2D eigenvalue weighted by molar-refractivity contribution is -0.142. The number of benzene rings is 2. The quantitative estimate of drug-likeness (QED) is 0.275. The molecule has 0 saturated heterocycles. The Labute approximate surface area is 207 Å². The van der Waals surface area contributed by atoms with Crippen LogP contribution in [-0.4, -0.2) is 57.6 Å². The molecule has 3 unspecified atom stereocenters. The van der Waals surface area contributed by atoms with Crippen molar-refractivity contribution in [3.05, 3.63) is 83.4 Å². The van der Waals surface area contributed by atoms with E-state index in [-0.39, 0.29) is 30.9 Å². The van der Waals surface area contributed by atoms with Crippen LogP contribution in [0.25, 0.3) is 11.1 Å². The summed E-state index contributed by atoms with van der Waals surface area (Å²) in [7, 11) is 0. The fourth-order valence-electron chi connectivity index (χ4n) is 3.55. The first-order valence-corrected chi connectivity index (χ1v) is 11.3. The van der Waals surface area contributed by atoms with E-state index in [2.05, 4.69) is 10.3 Å². The summed E-state index contributed by atoms with van der Waals surface area (Å²) < 4.78 is 0. The molecule has 182 valence electrons. The van der Waals surface area contributed by atoms with Crippen LogP contribution in [-0.2, 0) is 9.59 Å². The number of hydrogen-bond donors (Lipinski definition) is 4. The number of rotatable bonds is 11. The number of aliphatic hydroxyl groups excluding tert-OH is 1. The second kappa shape index (κ2) is 12.2. The van der Waals surface area contributed by atoms with Gasteiger partial charge in [-0.2, -0.15) is 0 Å². The van der Waals surface area contributed by atoms with Gasteiger partial charge >= 0.3 is 11.9 Å². The highest BCUT2D eigenvalue weighted by atomic mass is 35.5. The van der Waals surface area contributed by atoms with Crippen molar-refractivity contribution in [2.45, 2.75) is 25.1 Å². The van der Waals surface area contributed by atoms with Crippen molar-refractivity contribution in [2.75, 3.05) is 6.54 Å². The third-order valence-corrected chi connectivity index (χ3v) is 5.77. The van der Waals surface area contributed by atoms with E-state index in [9.17, 15) is 24.6 Å². The van der Waals surface area contributed by atoms with Gasteiger partial charge in [0.05, 0.1) is 5.92 Å². The van der Waals surface area contributed by atoms with Crippen molar-refractivity contribution in [3.8, 4) is 11.1 Å². The summed E-state index contributed by atoms with van der Waals surface area (Å²) in [5.74, 6) is -3.58.